The van der Waals surface area contributed by atoms with E-state index in [4.69, 9.17) is 9.15 Å². The van der Waals surface area contributed by atoms with Gasteiger partial charge in [0.2, 0.25) is 0 Å². The maximum Gasteiger partial charge on any atom is 0.317 e. The van der Waals surface area contributed by atoms with Gasteiger partial charge in [-0.15, -0.1) is 21.5 Å². The molecule has 1 aromatic carbocycles. The Morgan fingerprint density at radius 1 is 1.22 bits per heavy atom. The third-order valence-corrected chi connectivity index (χ3v) is 6.43. The molecule has 0 radical (unpaired) electrons. The van der Waals surface area contributed by atoms with Crippen molar-refractivity contribution in [3.63, 3.8) is 0 Å². The van der Waals surface area contributed by atoms with E-state index >= 15 is 0 Å². The lowest BCUT2D eigenvalue weighted by Gasteiger charge is -2.27. The zero-order chi connectivity index (χ0) is 18.9. The van der Waals surface area contributed by atoms with Crippen molar-refractivity contribution in [1.82, 2.24) is 10.2 Å². The standard InChI is InChI=1S/C19H16BrFN2O3S/c20-15-8-7-14(27-15)17-23-22-16(26-17)11-25-18(24)19(9-3-4-10-19)12-5-1-2-6-13(12)21/h1-2,5-8H,3-4,9-11H2. The summed E-state index contributed by atoms with van der Waals surface area (Å²) in [7, 11) is 0. The van der Waals surface area contributed by atoms with Gasteiger partial charge in [-0.2, -0.15) is 0 Å². The second kappa shape index (κ2) is 7.52. The zero-order valence-corrected chi connectivity index (χ0v) is 16.7. The second-order valence-corrected chi connectivity index (χ2v) is 8.91. The molecule has 0 N–H and O–H groups in total. The topological polar surface area (TPSA) is 65.2 Å². The fourth-order valence-corrected chi connectivity index (χ4v) is 4.82. The van der Waals surface area contributed by atoms with Gasteiger partial charge >= 0.3 is 5.97 Å². The summed E-state index contributed by atoms with van der Waals surface area (Å²) in [4.78, 5) is 13.7. The van der Waals surface area contributed by atoms with Gasteiger partial charge in [0, 0.05) is 5.56 Å². The lowest BCUT2D eigenvalue weighted by Crippen LogP contribution is -2.35. The maximum atomic E-state index is 14.4. The van der Waals surface area contributed by atoms with Gasteiger partial charge in [0.15, 0.2) is 6.61 Å². The van der Waals surface area contributed by atoms with E-state index < -0.39 is 11.4 Å². The first kappa shape index (κ1) is 18.3. The Morgan fingerprint density at radius 2 is 2.00 bits per heavy atom. The molecule has 27 heavy (non-hydrogen) atoms. The van der Waals surface area contributed by atoms with E-state index in [0.29, 0.717) is 24.3 Å². The first-order chi connectivity index (χ1) is 13.1. The van der Waals surface area contributed by atoms with Crippen molar-refractivity contribution in [3.05, 3.63) is 57.5 Å². The van der Waals surface area contributed by atoms with Crippen molar-refractivity contribution in [2.24, 2.45) is 0 Å². The van der Waals surface area contributed by atoms with Crippen LogP contribution in [0.5, 0.6) is 0 Å². The van der Waals surface area contributed by atoms with Gasteiger partial charge in [-0.3, -0.25) is 4.79 Å². The van der Waals surface area contributed by atoms with Crippen molar-refractivity contribution in [3.8, 4) is 10.8 Å². The Morgan fingerprint density at radius 3 is 2.70 bits per heavy atom. The number of esters is 1. The molecule has 3 aromatic rings. The Hall–Kier alpha value is -2.06. The number of hydrogen-bond acceptors (Lipinski definition) is 6. The molecule has 0 atom stereocenters. The highest BCUT2D eigenvalue weighted by Crippen LogP contribution is 2.43. The SMILES string of the molecule is O=C(OCc1nnc(-c2ccc(Br)s2)o1)C1(c2ccccc2F)CCCC1. The third kappa shape index (κ3) is 3.55. The average molecular weight is 451 g/mol. The molecule has 0 bridgehead atoms. The molecule has 1 saturated carbocycles. The van der Waals surface area contributed by atoms with Crippen LogP contribution in [0.15, 0.2) is 44.6 Å². The molecule has 140 valence electrons. The third-order valence-electron chi connectivity index (χ3n) is 4.81. The zero-order valence-electron chi connectivity index (χ0n) is 14.3. The fourth-order valence-electron chi connectivity index (χ4n) is 3.52. The van der Waals surface area contributed by atoms with Gasteiger partial charge < -0.3 is 9.15 Å². The Bertz CT molecular complexity index is 965. The molecule has 0 amide bonds. The molecule has 0 spiro atoms. The fraction of sp³-hybridized carbons (Fsp3) is 0.316. The predicted octanol–water partition coefficient (Wildman–Crippen LogP) is 5.25. The van der Waals surface area contributed by atoms with Crippen molar-refractivity contribution in [1.29, 1.82) is 0 Å². The van der Waals surface area contributed by atoms with E-state index in [1.807, 2.05) is 12.1 Å². The van der Waals surface area contributed by atoms with Crippen molar-refractivity contribution >= 4 is 33.2 Å². The van der Waals surface area contributed by atoms with E-state index in [1.165, 1.54) is 17.4 Å². The van der Waals surface area contributed by atoms with Gasteiger partial charge in [0.05, 0.1) is 14.1 Å². The molecule has 0 aliphatic heterocycles. The predicted molar refractivity (Wildman–Crippen MR) is 102 cm³/mol. The Labute approximate surface area is 167 Å². The minimum Gasteiger partial charge on any atom is -0.455 e. The summed E-state index contributed by atoms with van der Waals surface area (Å²) in [6.45, 7) is -0.130. The van der Waals surface area contributed by atoms with Crippen molar-refractivity contribution in [2.75, 3.05) is 0 Å². The highest BCUT2D eigenvalue weighted by molar-refractivity contribution is 9.11. The highest BCUT2D eigenvalue weighted by atomic mass is 79.9. The van der Waals surface area contributed by atoms with E-state index in [0.717, 1.165) is 21.5 Å². The first-order valence-electron chi connectivity index (χ1n) is 8.59. The lowest BCUT2D eigenvalue weighted by molar-refractivity contribution is -0.152. The monoisotopic (exact) mass is 450 g/mol. The molecule has 2 heterocycles. The summed E-state index contributed by atoms with van der Waals surface area (Å²) in [6, 6.07) is 10.2. The van der Waals surface area contributed by atoms with E-state index in [1.54, 1.807) is 18.2 Å². The van der Waals surface area contributed by atoms with Gasteiger partial charge in [0.25, 0.3) is 11.8 Å². The average Bonchev–Trinajstić information content (AvgIpc) is 3.41. The summed E-state index contributed by atoms with van der Waals surface area (Å²) in [5.41, 5.74) is -0.533. The highest BCUT2D eigenvalue weighted by Gasteiger charge is 2.45. The van der Waals surface area contributed by atoms with Gasteiger partial charge in [-0.25, -0.2) is 4.39 Å². The molecule has 5 nitrogen and oxygen atoms in total. The van der Waals surface area contributed by atoms with E-state index in [2.05, 4.69) is 26.1 Å². The summed E-state index contributed by atoms with van der Waals surface area (Å²) < 4.78 is 26.4. The number of carbonyl (C=O) groups is 1. The minimum absolute atomic E-state index is 0.130. The van der Waals surface area contributed by atoms with Crippen LogP contribution in [0, 0.1) is 5.82 Å². The number of nitrogens with zero attached hydrogens (tertiary/aromatic N) is 2. The number of aromatic nitrogens is 2. The van der Waals surface area contributed by atoms with Crippen molar-refractivity contribution < 1.29 is 18.3 Å². The molecule has 4 rings (SSSR count). The maximum absolute atomic E-state index is 14.4. The number of thiophene rings is 1. The van der Waals surface area contributed by atoms with Gasteiger partial charge in [-0.1, -0.05) is 31.0 Å². The Kier molecular flexibility index (Phi) is 5.10. The van der Waals surface area contributed by atoms with E-state index in [9.17, 15) is 9.18 Å². The molecule has 2 aromatic heterocycles. The van der Waals surface area contributed by atoms with Crippen LogP contribution < -0.4 is 0 Å². The van der Waals surface area contributed by atoms with Crippen LogP contribution in [0.25, 0.3) is 10.8 Å². The lowest BCUT2D eigenvalue weighted by atomic mass is 9.78. The number of benzene rings is 1. The molecule has 8 heteroatoms. The molecule has 1 aliphatic rings. The first-order valence-corrected chi connectivity index (χ1v) is 10.2. The van der Waals surface area contributed by atoms with Crippen LogP contribution in [0.4, 0.5) is 4.39 Å². The summed E-state index contributed by atoms with van der Waals surface area (Å²) in [6.07, 6.45) is 2.87. The molecule has 1 fully saturated rings. The van der Waals surface area contributed by atoms with Crippen LogP contribution in [0.3, 0.4) is 0 Å². The molecule has 0 unspecified atom stereocenters. The van der Waals surface area contributed by atoms with Crippen LogP contribution in [0.2, 0.25) is 0 Å². The molecular formula is C19H16BrFN2O3S. The number of rotatable bonds is 5. The van der Waals surface area contributed by atoms with Crippen molar-refractivity contribution in [2.45, 2.75) is 37.7 Å². The van der Waals surface area contributed by atoms with Crippen LogP contribution in [-0.4, -0.2) is 16.2 Å². The summed E-state index contributed by atoms with van der Waals surface area (Å²) in [5.74, 6) is -0.227. The molecule has 1 aliphatic carbocycles. The van der Waals surface area contributed by atoms with Crippen LogP contribution >= 0.6 is 27.3 Å². The molecule has 0 saturated heterocycles. The van der Waals surface area contributed by atoms with E-state index in [-0.39, 0.29) is 18.3 Å². The second-order valence-electron chi connectivity index (χ2n) is 6.45. The summed E-state index contributed by atoms with van der Waals surface area (Å²) in [5, 5.41) is 7.92. The largest absolute Gasteiger partial charge is 0.455 e. The van der Waals surface area contributed by atoms with Gasteiger partial charge in [-0.05, 0) is 47.0 Å². The Balaban J connectivity index is 1.50. The summed E-state index contributed by atoms with van der Waals surface area (Å²) >= 11 is 4.85. The smallest absolute Gasteiger partial charge is 0.317 e. The van der Waals surface area contributed by atoms with Crippen LogP contribution in [0.1, 0.15) is 37.1 Å². The number of carbonyl (C=O) groups excluding carboxylic acids is 1. The number of hydrogen-bond donors (Lipinski definition) is 0. The quantitative estimate of drug-likeness (QED) is 0.496. The number of ether oxygens (including phenoxy) is 1. The normalized spacial score (nSPS) is 15.8. The molecular weight excluding hydrogens is 435 g/mol. The van der Waals surface area contributed by atoms with Crippen LogP contribution in [-0.2, 0) is 21.6 Å². The number of halogens is 2. The van der Waals surface area contributed by atoms with Gasteiger partial charge in [0.1, 0.15) is 5.82 Å². The minimum atomic E-state index is -0.938.